The van der Waals surface area contributed by atoms with Gasteiger partial charge in [0.1, 0.15) is 0 Å². The Bertz CT molecular complexity index is 674. The third kappa shape index (κ3) is 5.71. The van der Waals surface area contributed by atoms with Gasteiger partial charge in [0.25, 0.3) is 0 Å². The van der Waals surface area contributed by atoms with Crippen molar-refractivity contribution in [2.75, 3.05) is 39.3 Å². The van der Waals surface area contributed by atoms with Gasteiger partial charge in [-0.2, -0.15) is 0 Å². The van der Waals surface area contributed by atoms with Crippen LogP contribution in [-0.4, -0.2) is 40.3 Å². The van der Waals surface area contributed by atoms with Gasteiger partial charge >= 0.3 is 0 Å². The maximum Gasteiger partial charge on any atom is 0.224 e. The molecule has 0 aliphatic carbocycles. The summed E-state index contributed by atoms with van der Waals surface area (Å²) in [5.41, 5.74) is 2.08. The summed E-state index contributed by atoms with van der Waals surface area (Å²) in [4.78, 5) is 14.3. The van der Waals surface area contributed by atoms with Crippen LogP contribution in [0.2, 0.25) is 0 Å². The fourth-order valence-electron chi connectivity index (χ4n) is 2.59. The number of hydrogen-bond donors (Lipinski definition) is 1. The van der Waals surface area contributed by atoms with Crippen molar-refractivity contribution >= 4 is 11.6 Å². The molecule has 1 N–H and O–H groups in total. The van der Waals surface area contributed by atoms with Gasteiger partial charge in [0, 0.05) is 25.8 Å². The van der Waals surface area contributed by atoms with E-state index >= 15 is 0 Å². The highest BCUT2D eigenvalue weighted by Gasteiger charge is 2.08. The Kier molecular flexibility index (Phi) is 7.14. The van der Waals surface area contributed by atoms with Crippen LogP contribution in [0.15, 0.2) is 48.5 Å². The van der Waals surface area contributed by atoms with Gasteiger partial charge in [0.2, 0.25) is 5.91 Å². The smallest absolute Gasteiger partial charge is 0.224 e. The molecule has 1 amide bonds. The summed E-state index contributed by atoms with van der Waals surface area (Å²) in [6.07, 6.45) is 1.22. The van der Waals surface area contributed by atoms with Crippen LogP contribution in [0, 0.1) is 0 Å². The van der Waals surface area contributed by atoms with E-state index in [9.17, 15) is 4.79 Å². The molecule has 0 unspecified atom stereocenters. The van der Waals surface area contributed by atoms with E-state index in [2.05, 4.69) is 29.4 Å². The van der Waals surface area contributed by atoms with Gasteiger partial charge in [0.15, 0.2) is 11.5 Å². The van der Waals surface area contributed by atoms with Crippen molar-refractivity contribution < 1.29 is 14.3 Å². The van der Waals surface area contributed by atoms with Gasteiger partial charge in [-0.25, -0.2) is 0 Å². The summed E-state index contributed by atoms with van der Waals surface area (Å²) in [6.45, 7) is 1.55. The number of nitrogens with one attached hydrogen (secondary N) is 1. The third-order valence-electron chi connectivity index (χ3n) is 4.00. The van der Waals surface area contributed by atoms with Gasteiger partial charge in [0.05, 0.1) is 20.6 Å². The standard InChI is InChI=1S/C20H26N2O3/c1-22(17-8-5-4-6-9-17)13-7-12-21-20(23)15-16-10-11-18(24-2)19(14-16)25-3/h4-6,8-11,14H,7,12-13,15H2,1-3H3,(H,21,23). The lowest BCUT2D eigenvalue weighted by Crippen LogP contribution is -2.29. The van der Waals surface area contributed by atoms with Crippen molar-refractivity contribution in [2.45, 2.75) is 12.8 Å². The molecule has 5 heteroatoms. The van der Waals surface area contributed by atoms with Gasteiger partial charge in [-0.1, -0.05) is 24.3 Å². The molecule has 134 valence electrons. The molecule has 25 heavy (non-hydrogen) atoms. The lowest BCUT2D eigenvalue weighted by molar-refractivity contribution is -0.120. The second kappa shape index (κ2) is 9.57. The first-order valence-corrected chi connectivity index (χ1v) is 8.38. The number of para-hydroxylation sites is 1. The highest BCUT2D eigenvalue weighted by molar-refractivity contribution is 5.78. The average Bonchev–Trinajstić information content (AvgIpc) is 2.65. The molecule has 0 aliphatic rings. The Labute approximate surface area is 149 Å². The van der Waals surface area contributed by atoms with Crippen LogP contribution in [0.5, 0.6) is 11.5 Å². The van der Waals surface area contributed by atoms with Crippen LogP contribution in [0.1, 0.15) is 12.0 Å². The van der Waals surface area contributed by atoms with E-state index in [1.165, 1.54) is 5.69 Å². The number of carbonyl (C=O) groups excluding carboxylic acids is 1. The number of nitrogens with zero attached hydrogens (tertiary/aromatic N) is 1. The fraction of sp³-hybridized carbons (Fsp3) is 0.350. The molecule has 2 rings (SSSR count). The second-order valence-electron chi connectivity index (χ2n) is 5.83. The number of carbonyl (C=O) groups is 1. The van der Waals surface area contributed by atoms with Crippen LogP contribution in [0.4, 0.5) is 5.69 Å². The summed E-state index contributed by atoms with van der Waals surface area (Å²) in [7, 11) is 5.24. The monoisotopic (exact) mass is 342 g/mol. The Morgan fingerprint density at radius 2 is 1.76 bits per heavy atom. The first-order valence-electron chi connectivity index (χ1n) is 8.38. The molecule has 5 nitrogen and oxygen atoms in total. The SMILES string of the molecule is COc1ccc(CC(=O)NCCCN(C)c2ccccc2)cc1OC. The van der Waals surface area contributed by atoms with E-state index < -0.39 is 0 Å². The molecule has 2 aromatic carbocycles. The summed E-state index contributed by atoms with van der Waals surface area (Å²) < 4.78 is 10.5. The van der Waals surface area contributed by atoms with Crippen LogP contribution >= 0.6 is 0 Å². The average molecular weight is 342 g/mol. The van der Waals surface area contributed by atoms with Crippen LogP contribution in [-0.2, 0) is 11.2 Å². The van der Waals surface area contributed by atoms with Crippen molar-refractivity contribution in [3.63, 3.8) is 0 Å². The van der Waals surface area contributed by atoms with Gasteiger partial charge in [-0.3, -0.25) is 4.79 Å². The topological polar surface area (TPSA) is 50.8 Å². The molecule has 0 bridgehead atoms. The molecule has 0 atom stereocenters. The van der Waals surface area contributed by atoms with Crippen LogP contribution in [0.25, 0.3) is 0 Å². The summed E-state index contributed by atoms with van der Waals surface area (Å²) in [5.74, 6) is 1.31. The Hall–Kier alpha value is -2.69. The normalized spacial score (nSPS) is 10.2. The first-order chi connectivity index (χ1) is 12.1. The minimum atomic E-state index is 0.00887. The maximum absolute atomic E-state index is 12.1. The molecule has 0 saturated carbocycles. The predicted molar refractivity (Wildman–Crippen MR) is 101 cm³/mol. The van der Waals surface area contributed by atoms with Gasteiger partial charge < -0.3 is 19.7 Å². The zero-order chi connectivity index (χ0) is 18.1. The lowest BCUT2D eigenvalue weighted by Gasteiger charge is -2.19. The van der Waals surface area contributed by atoms with Crippen LogP contribution in [0.3, 0.4) is 0 Å². The highest BCUT2D eigenvalue weighted by Crippen LogP contribution is 2.27. The fourth-order valence-corrected chi connectivity index (χ4v) is 2.59. The molecule has 0 radical (unpaired) electrons. The number of amides is 1. The van der Waals surface area contributed by atoms with Gasteiger partial charge in [-0.05, 0) is 36.2 Å². The Morgan fingerprint density at radius 3 is 2.44 bits per heavy atom. The minimum Gasteiger partial charge on any atom is -0.493 e. The van der Waals surface area contributed by atoms with E-state index in [0.717, 1.165) is 18.5 Å². The van der Waals surface area contributed by atoms with E-state index in [0.29, 0.717) is 24.5 Å². The number of anilines is 1. The van der Waals surface area contributed by atoms with E-state index in [-0.39, 0.29) is 5.91 Å². The van der Waals surface area contributed by atoms with E-state index in [4.69, 9.17) is 9.47 Å². The lowest BCUT2D eigenvalue weighted by atomic mass is 10.1. The van der Waals surface area contributed by atoms with Gasteiger partial charge in [-0.15, -0.1) is 0 Å². The molecule has 0 spiro atoms. The molecule has 0 saturated heterocycles. The summed E-state index contributed by atoms with van der Waals surface area (Å²) >= 11 is 0. The number of rotatable bonds is 9. The molecular weight excluding hydrogens is 316 g/mol. The molecule has 2 aromatic rings. The Morgan fingerprint density at radius 1 is 1.04 bits per heavy atom. The largest absolute Gasteiger partial charge is 0.493 e. The zero-order valence-electron chi connectivity index (χ0n) is 15.1. The number of hydrogen-bond acceptors (Lipinski definition) is 4. The number of ether oxygens (including phenoxy) is 2. The maximum atomic E-state index is 12.1. The summed E-state index contributed by atoms with van der Waals surface area (Å²) in [5, 5.41) is 2.97. The highest BCUT2D eigenvalue weighted by atomic mass is 16.5. The third-order valence-corrected chi connectivity index (χ3v) is 4.00. The Balaban J connectivity index is 1.74. The molecular formula is C20H26N2O3. The van der Waals surface area contributed by atoms with E-state index in [1.54, 1.807) is 14.2 Å². The van der Waals surface area contributed by atoms with Crippen molar-refractivity contribution in [3.8, 4) is 11.5 Å². The van der Waals surface area contributed by atoms with E-state index in [1.807, 2.05) is 36.4 Å². The first kappa shape index (κ1) is 18.6. The summed E-state index contributed by atoms with van der Waals surface area (Å²) in [6, 6.07) is 15.7. The quantitative estimate of drug-likeness (QED) is 0.712. The number of methoxy groups -OCH3 is 2. The van der Waals surface area contributed by atoms with Crippen molar-refractivity contribution in [2.24, 2.45) is 0 Å². The van der Waals surface area contributed by atoms with Crippen molar-refractivity contribution in [1.82, 2.24) is 5.32 Å². The molecule has 0 heterocycles. The van der Waals surface area contributed by atoms with Crippen molar-refractivity contribution in [3.05, 3.63) is 54.1 Å². The molecule has 0 fully saturated rings. The minimum absolute atomic E-state index is 0.00887. The molecule has 0 aliphatic heterocycles. The van der Waals surface area contributed by atoms with Crippen molar-refractivity contribution in [1.29, 1.82) is 0 Å². The zero-order valence-corrected chi connectivity index (χ0v) is 15.1. The molecule has 0 aromatic heterocycles. The second-order valence-corrected chi connectivity index (χ2v) is 5.83. The van der Waals surface area contributed by atoms with Crippen LogP contribution < -0.4 is 19.7 Å². The predicted octanol–water partition coefficient (Wildman–Crippen LogP) is 2.89. The number of benzene rings is 2.